The van der Waals surface area contributed by atoms with E-state index in [-0.39, 0.29) is 19.9 Å². The van der Waals surface area contributed by atoms with Crippen molar-refractivity contribution in [3.63, 3.8) is 0 Å². The number of rotatable bonds is 10. The first-order valence-electron chi connectivity index (χ1n) is 13.4. The minimum absolute atomic E-state index is 0. The van der Waals surface area contributed by atoms with Crippen LogP contribution >= 0.6 is 0 Å². The molecule has 1 aromatic heterocycles. The summed E-state index contributed by atoms with van der Waals surface area (Å²) in [5.41, 5.74) is 3.46. The van der Waals surface area contributed by atoms with Gasteiger partial charge in [-0.25, -0.2) is 9.97 Å². The van der Waals surface area contributed by atoms with Gasteiger partial charge in [0.25, 0.3) is 5.91 Å². The van der Waals surface area contributed by atoms with Gasteiger partial charge in [0, 0.05) is 44.5 Å². The van der Waals surface area contributed by atoms with Gasteiger partial charge in [0.2, 0.25) is 0 Å². The third-order valence-corrected chi connectivity index (χ3v) is 6.68. The Kier molecular flexibility index (Phi) is 12.3. The minimum Gasteiger partial charge on any atom is -0.396 e. The SMILES string of the molecule is C.CC.CCCN(CC1CC1)c1cc(C(=O)Nc2ccc(CN3CCCC(CO)C3)cc2C)ncn1. The van der Waals surface area contributed by atoms with Crippen LogP contribution in [0.3, 0.4) is 0 Å². The van der Waals surface area contributed by atoms with E-state index in [1.54, 1.807) is 0 Å². The number of piperidine rings is 1. The van der Waals surface area contributed by atoms with Gasteiger partial charge in [-0.1, -0.05) is 40.3 Å². The Morgan fingerprint density at radius 1 is 1.17 bits per heavy atom. The minimum atomic E-state index is -0.209. The summed E-state index contributed by atoms with van der Waals surface area (Å²) in [5, 5.41) is 12.5. The standard InChI is InChI=1S/C26H37N5O2.C2H6.CH4/c1-3-10-31(16-20-6-7-20)25-13-24(27-18-28-25)26(33)29-23-9-8-21(12-19(23)2)14-30-11-4-5-22(15-30)17-32;1-2;/h8-9,12-13,18,20,22,32H,3-7,10-11,14-17H2,1-2H3,(H,29,33);1-2H3;1H4. The molecule has 1 unspecified atom stereocenters. The first kappa shape index (κ1) is 29.7. The summed E-state index contributed by atoms with van der Waals surface area (Å²) < 4.78 is 0. The lowest BCUT2D eigenvalue weighted by Gasteiger charge is -2.31. The molecule has 1 saturated heterocycles. The fourth-order valence-electron chi connectivity index (χ4n) is 4.68. The molecule has 1 amide bonds. The normalized spacial score (nSPS) is 17.4. The highest BCUT2D eigenvalue weighted by molar-refractivity contribution is 6.03. The lowest BCUT2D eigenvalue weighted by molar-refractivity contribution is 0.102. The van der Waals surface area contributed by atoms with E-state index in [1.165, 1.54) is 24.7 Å². The zero-order valence-electron chi connectivity index (χ0n) is 22.0. The second kappa shape index (κ2) is 14.9. The Hall–Kier alpha value is -2.51. The van der Waals surface area contributed by atoms with Crippen molar-refractivity contribution < 1.29 is 9.90 Å². The molecule has 1 atom stereocenters. The number of hydrogen-bond donors (Lipinski definition) is 2. The van der Waals surface area contributed by atoms with Crippen molar-refractivity contribution in [3.05, 3.63) is 47.4 Å². The molecule has 0 spiro atoms. The number of hydrogen-bond acceptors (Lipinski definition) is 6. The number of aryl methyl sites for hydroxylation is 1. The van der Waals surface area contributed by atoms with E-state index in [2.05, 4.69) is 44.1 Å². The van der Waals surface area contributed by atoms with Crippen LogP contribution in [0.15, 0.2) is 30.6 Å². The predicted octanol–water partition coefficient (Wildman–Crippen LogP) is 5.53. The number of carbonyl (C=O) groups is 1. The topological polar surface area (TPSA) is 81.6 Å². The number of aliphatic hydroxyl groups excluding tert-OH is 1. The Labute approximate surface area is 218 Å². The van der Waals surface area contributed by atoms with Crippen molar-refractivity contribution >= 4 is 17.4 Å². The highest BCUT2D eigenvalue weighted by Gasteiger charge is 2.25. The molecule has 2 heterocycles. The summed E-state index contributed by atoms with van der Waals surface area (Å²) in [6.07, 6.45) is 7.35. The van der Waals surface area contributed by atoms with E-state index < -0.39 is 0 Å². The second-order valence-electron chi connectivity index (χ2n) is 9.68. The molecule has 7 heteroatoms. The number of nitrogens with one attached hydrogen (secondary N) is 1. The fraction of sp³-hybridized carbons (Fsp3) is 0.621. The van der Waals surface area contributed by atoms with Crippen molar-refractivity contribution in [2.75, 3.05) is 43.0 Å². The molecule has 0 radical (unpaired) electrons. The first-order chi connectivity index (χ1) is 17.1. The lowest BCUT2D eigenvalue weighted by Crippen LogP contribution is -2.36. The van der Waals surface area contributed by atoms with E-state index in [0.29, 0.717) is 11.6 Å². The van der Waals surface area contributed by atoms with Gasteiger partial charge in [0.15, 0.2) is 0 Å². The van der Waals surface area contributed by atoms with E-state index in [1.807, 2.05) is 32.9 Å². The number of benzene rings is 1. The lowest BCUT2D eigenvalue weighted by atomic mass is 9.98. The van der Waals surface area contributed by atoms with Gasteiger partial charge in [-0.15, -0.1) is 0 Å². The quantitative estimate of drug-likeness (QED) is 0.449. The molecule has 0 bridgehead atoms. The summed E-state index contributed by atoms with van der Waals surface area (Å²) in [5.74, 6) is 1.76. The molecule has 2 aromatic rings. The highest BCUT2D eigenvalue weighted by Crippen LogP contribution is 2.31. The maximum atomic E-state index is 13.0. The predicted molar refractivity (Wildman–Crippen MR) is 150 cm³/mol. The van der Waals surface area contributed by atoms with Gasteiger partial charge in [-0.2, -0.15) is 0 Å². The van der Waals surface area contributed by atoms with Crippen LogP contribution in [-0.4, -0.2) is 58.7 Å². The molecule has 2 aliphatic rings. The molecule has 1 aliphatic heterocycles. The van der Waals surface area contributed by atoms with Crippen molar-refractivity contribution in [2.24, 2.45) is 11.8 Å². The van der Waals surface area contributed by atoms with Gasteiger partial charge in [0.05, 0.1) is 0 Å². The molecule has 7 nitrogen and oxygen atoms in total. The molecule has 2 N–H and O–H groups in total. The highest BCUT2D eigenvalue weighted by atomic mass is 16.3. The van der Waals surface area contributed by atoms with Crippen molar-refractivity contribution in [1.82, 2.24) is 14.9 Å². The Bertz CT molecular complexity index is 947. The number of amides is 1. The summed E-state index contributed by atoms with van der Waals surface area (Å²) in [7, 11) is 0. The average molecular weight is 498 g/mol. The van der Waals surface area contributed by atoms with Gasteiger partial charge in [-0.3, -0.25) is 9.69 Å². The zero-order valence-corrected chi connectivity index (χ0v) is 22.0. The number of anilines is 2. The second-order valence-corrected chi connectivity index (χ2v) is 9.68. The summed E-state index contributed by atoms with van der Waals surface area (Å²) >= 11 is 0. The third kappa shape index (κ3) is 8.56. The molecule has 200 valence electrons. The van der Waals surface area contributed by atoms with Gasteiger partial charge in [-0.05, 0) is 74.6 Å². The zero-order chi connectivity index (χ0) is 25.2. The van der Waals surface area contributed by atoms with Crippen molar-refractivity contribution in [1.29, 1.82) is 0 Å². The van der Waals surface area contributed by atoms with E-state index in [0.717, 1.165) is 75.0 Å². The van der Waals surface area contributed by atoms with Gasteiger partial charge < -0.3 is 15.3 Å². The van der Waals surface area contributed by atoms with E-state index in [4.69, 9.17) is 0 Å². The number of carbonyl (C=O) groups excluding carboxylic acids is 1. The molecule has 1 aromatic carbocycles. The summed E-state index contributed by atoms with van der Waals surface area (Å²) in [6.45, 7) is 13.3. The van der Waals surface area contributed by atoms with Crippen LogP contribution in [0.2, 0.25) is 0 Å². The molecule has 2 fully saturated rings. The van der Waals surface area contributed by atoms with Crippen LogP contribution in [0.1, 0.15) is 81.9 Å². The van der Waals surface area contributed by atoms with Gasteiger partial charge in [0.1, 0.15) is 17.8 Å². The molecule has 4 rings (SSSR count). The van der Waals surface area contributed by atoms with E-state index >= 15 is 0 Å². The van der Waals surface area contributed by atoms with Crippen LogP contribution in [0, 0.1) is 18.8 Å². The Morgan fingerprint density at radius 2 is 1.94 bits per heavy atom. The van der Waals surface area contributed by atoms with Crippen LogP contribution < -0.4 is 10.2 Å². The number of aromatic nitrogens is 2. The molecule has 36 heavy (non-hydrogen) atoms. The van der Waals surface area contributed by atoms with Crippen molar-refractivity contribution in [2.45, 2.75) is 73.8 Å². The molecule has 1 aliphatic carbocycles. The van der Waals surface area contributed by atoms with Crippen LogP contribution in [0.4, 0.5) is 11.5 Å². The maximum Gasteiger partial charge on any atom is 0.274 e. The first-order valence-corrected chi connectivity index (χ1v) is 13.4. The summed E-state index contributed by atoms with van der Waals surface area (Å²) in [6, 6.07) is 8.01. The van der Waals surface area contributed by atoms with Crippen LogP contribution in [0.25, 0.3) is 0 Å². The number of nitrogens with zero attached hydrogens (tertiary/aromatic N) is 4. The van der Waals surface area contributed by atoms with E-state index in [9.17, 15) is 9.90 Å². The molecule has 1 saturated carbocycles. The van der Waals surface area contributed by atoms with Gasteiger partial charge >= 0.3 is 0 Å². The number of likely N-dealkylation sites (tertiary alicyclic amines) is 1. The average Bonchev–Trinajstić information content (AvgIpc) is 3.71. The molecular weight excluding hydrogens is 450 g/mol. The Morgan fingerprint density at radius 3 is 2.61 bits per heavy atom. The fourth-order valence-corrected chi connectivity index (χ4v) is 4.68. The Balaban J connectivity index is 0.00000148. The molecular formula is C29H47N5O2. The van der Waals surface area contributed by atoms with Crippen LogP contribution in [-0.2, 0) is 6.54 Å². The number of aliphatic hydroxyl groups is 1. The smallest absolute Gasteiger partial charge is 0.274 e. The van der Waals surface area contributed by atoms with Crippen molar-refractivity contribution in [3.8, 4) is 0 Å². The third-order valence-electron chi connectivity index (χ3n) is 6.68. The monoisotopic (exact) mass is 497 g/mol. The summed E-state index contributed by atoms with van der Waals surface area (Å²) in [4.78, 5) is 26.3. The van der Waals surface area contributed by atoms with Crippen LogP contribution in [0.5, 0.6) is 0 Å². The largest absolute Gasteiger partial charge is 0.396 e. The maximum absolute atomic E-state index is 13.0.